The van der Waals surface area contributed by atoms with Gasteiger partial charge in [-0.15, -0.1) is 5.10 Å². The number of hydrogen-bond acceptors (Lipinski definition) is 6. The number of hydrogen-bond donors (Lipinski definition) is 1. The van der Waals surface area contributed by atoms with Crippen LogP contribution in [0.3, 0.4) is 0 Å². The number of anilines is 2. The normalized spacial score (nSPS) is 14.5. The van der Waals surface area contributed by atoms with E-state index < -0.39 is 0 Å². The number of benzene rings is 1. The van der Waals surface area contributed by atoms with E-state index in [9.17, 15) is 0 Å². The molecule has 2 N–H and O–H groups in total. The van der Waals surface area contributed by atoms with E-state index in [0.717, 1.165) is 31.0 Å². The van der Waals surface area contributed by atoms with Gasteiger partial charge in [-0.05, 0) is 34.0 Å². The van der Waals surface area contributed by atoms with Crippen LogP contribution in [0.4, 0.5) is 11.5 Å². The summed E-state index contributed by atoms with van der Waals surface area (Å²) in [6.45, 7) is 1.67. The Hall–Kier alpha value is -2.70. The molecule has 0 radical (unpaired) electrons. The number of nitrogen functional groups attached to an aromatic ring is 1. The van der Waals surface area contributed by atoms with Crippen molar-refractivity contribution in [2.24, 2.45) is 0 Å². The summed E-state index contributed by atoms with van der Waals surface area (Å²) >= 11 is 0. The molecule has 0 fully saturated rings. The molecule has 0 spiro atoms. The van der Waals surface area contributed by atoms with Crippen LogP contribution in [0.2, 0.25) is 0 Å². The van der Waals surface area contributed by atoms with Gasteiger partial charge in [0.25, 0.3) is 0 Å². The Bertz CT molecular complexity index is 779. The highest BCUT2D eigenvalue weighted by Gasteiger charge is 2.20. The Kier molecular flexibility index (Phi) is 2.32. The predicted molar refractivity (Wildman–Crippen MR) is 74.2 cm³/mol. The second-order valence-corrected chi connectivity index (χ2v) is 4.87. The third-order valence-corrected chi connectivity index (χ3v) is 3.72. The monoisotopic (exact) mass is 267 g/mol. The van der Waals surface area contributed by atoms with Gasteiger partial charge in [0.2, 0.25) is 0 Å². The fraction of sp³-hybridized carbons (Fsp3) is 0.231. The van der Waals surface area contributed by atoms with Gasteiger partial charge in [0.1, 0.15) is 0 Å². The van der Waals surface area contributed by atoms with Crippen molar-refractivity contribution in [3.63, 3.8) is 0 Å². The van der Waals surface area contributed by atoms with Gasteiger partial charge in [-0.1, -0.05) is 12.1 Å². The van der Waals surface area contributed by atoms with Gasteiger partial charge in [0.05, 0.1) is 12.4 Å². The van der Waals surface area contributed by atoms with E-state index in [0.29, 0.717) is 5.65 Å². The summed E-state index contributed by atoms with van der Waals surface area (Å²) in [7, 11) is 0. The van der Waals surface area contributed by atoms with E-state index in [1.807, 2.05) is 12.1 Å². The lowest BCUT2D eigenvalue weighted by Gasteiger charge is -2.30. The molecule has 0 amide bonds. The molecule has 1 aliphatic heterocycles. The van der Waals surface area contributed by atoms with Crippen LogP contribution in [0, 0.1) is 0 Å². The molecule has 20 heavy (non-hydrogen) atoms. The minimum atomic E-state index is 0.654. The molecule has 3 aromatic rings. The second-order valence-electron chi connectivity index (χ2n) is 4.87. The summed E-state index contributed by atoms with van der Waals surface area (Å²) in [5.41, 5.74) is 10.1. The van der Waals surface area contributed by atoms with E-state index in [1.165, 1.54) is 11.1 Å². The molecule has 0 saturated heterocycles. The van der Waals surface area contributed by atoms with Gasteiger partial charge in [0.15, 0.2) is 11.5 Å². The van der Waals surface area contributed by atoms with Gasteiger partial charge in [-0.2, -0.15) is 4.52 Å². The minimum Gasteiger partial charge on any atom is -0.398 e. The highest BCUT2D eigenvalue weighted by molar-refractivity contribution is 5.55. The molecule has 0 atom stereocenters. The van der Waals surface area contributed by atoms with E-state index in [4.69, 9.17) is 5.73 Å². The fourth-order valence-electron chi connectivity index (χ4n) is 2.71. The first-order valence-electron chi connectivity index (χ1n) is 6.46. The molecule has 2 aromatic heterocycles. The summed E-state index contributed by atoms with van der Waals surface area (Å²) in [5.74, 6) is 0.903. The van der Waals surface area contributed by atoms with Crippen LogP contribution in [-0.2, 0) is 13.0 Å². The van der Waals surface area contributed by atoms with Crippen molar-refractivity contribution in [2.45, 2.75) is 13.0 Å². The number of aromatic nitrogens is 5. The molecule has 3 heterocycles. The maximum absolute atomic E-state index is 6.03. The maximum atomic E-state index is 6.03. The molecule has 0 unspecified atom stereocenters. The molecule has 7 heteroatoms. The van der Waals surface area contributed by atoms with Crippen molar-refractivity contribution in [1.29, 1.82) is 0 Å². The van der Waals surface area contributed by atoms with Gasteiger partial charge >= 0.3 is 0 Å². The van der Waals surface area contributed by atoms with Gasteiger partial charge in [-0.25, -0.2) is 0 Å². The van der Waals surface area contributed by atoms with Crippen molar-refractivity contribution >= 4 is 17.2 Å². The Morgan fingerprint density at radius 3 is 3.10 bits per heavy atom. The number of tetrazole rings is 1. The molecule has 0 aliphatic carbocycles. The Morgan fingerprint density at radius 1 is 1.20 bits per heavy atom. The topological polar surface area (TPSA) is 85.2 Å². The van der Waals surface area contributed by atoms with Gasteiger partial charge < -0.3 is 10.6 Å². The highest BCUT2D eigenvalue weighted by Crippen LogP contribution is 2.27. The molecule has 1 aliphatic rings. The zero-order valence-electron chi connectivity index (χ0n) is 10.8. The van der Waals surface area contributed by atoms with Crippen LogP contribution in [0.15, 0.2) is 30.6 Å². The van der Waals surface area contributed by atoms with Gasteiger partial charge in [-0.3, -0.25) is 4.98 Å². The van der Waals surface area contributed by atoms with E-state index in [-0.39, 0.29) is 0 Å². The van der Waals surface area contributed by atoms with Crippen LogP contribution in [0.1, 0.15) is 11.1 Å². The maximum Gasteiger partial charge on any atom is 0.199 e. The van der Waals surface area contributed by atoms with Crippen molar-refractivity contribution in [3.8, 4) is 0 Å². The first kappa shape index (κ1) is 11.2. The second kappa shape index (κ2) is 4.16. The third-order valence-electron chi connectivity index (χ3n) is 3.72. The molecule has 0 saturated carbocycles. The zero-order chi connectivity index (χ0) is 13.5. The quantitative estimate of drug-likeness (QED) is 0.652. The van der Waals surface area contributed by atoms with Crippen molar-refractivity contribution in [1.82, 2.24) is 25.0 Å². The van der Waals surface area contributed by atoms with E-state index in [2.05, 4.69) is 31.5 Å². The molecule has 4 rings (SSSR count). The third kappa shape index (κ3) is 1.59. The van der Waals surface area contributed by atoms with Crippen molar-refractivity contribution in [2.75, 3.05) is 17.2 Å². The summed E-state index contributed by atoms with van der Waals surface area (Å²) in [6, 6.07) is 6.07. The predicted octanol–water partition coefficient (Wildman–Crippen LogP) is 0.664. The molecule has 1 aromatic carbocycles. The van der Waals surface area contributed by atoms with Crippen LogP contribution in [0.5, 0.6) is 0 Å². The standard InChI is InChI=1S/C13H13N7/c14-11-3-1-2-9-8-19(5-4-10(9)11)13-7-15-6-12-16-17-18-20(12)13/h1-3,6-7H,4-5,8,14H2. The summed E-state index contributed by atoms with van der Waals surface area (Å²) < 4.78 is 1.71. The molecular formula is C13H13N7. The van der Waals surface area contributed by atoms with Crippen LogP contribution >= 0.6 is 0 Å². The number of fused-ring (bicyclic) bond motifs is 2. The van der Waals surface area contributed by atoms with Crippen molar-refractivity contribution < 1.29 is 0 Å². The highest BCUT2D eigenvalue weighted by atomic mass is 15.5. The minimum absolute atomic E-state index is 0.654. The first-order valence-corrected chi connectivity index (χ1v) is 6.46. The smallest absolute Gasteiger partial charge is 0.199 e. The number of rotatable bonds is 1. The molecular weight excluding hydrogens is 254 g/mol. The SMILES string of the molecule is Nc1cccc2c1CCN(c1cncc3nnnn13)C2. The lowest BCUT2D eigenvalue weighted by molar-refractivity contribution is 0.694. The lowest BCUT2D eigenvalue weighted by Crippen LogP contribution is -2.32. The van der Waals surface area contributed by atoms with E-state index >= 15 is 0 Å². The Labute approximate surface area is 115 Å². The lowest BCUT2D eigenvalue weighted by atomic mass is 9.98. The number of nitrogens with two attached hydrogens (primary N) is 1. The largest absolute Gasteiger partial charge is 0.398 e. The Balaban J connectivity index is 1.77. The van der Waals surface area contributed by atoms with Gasteiger partial charge in [0, 0.05) is 18.8 Å². The summed E-state index contributed by atoms with van der Waals surface area (Å²) in [6.07, 6.45) is 4.36. The molecule has 0 bridgehead atoms. The average molecular weight is 267 g/mol. The molecule has 7 nitrogen and oxygen atoms in total. The van der Waals surface area contributed by atoms with Crippen LogP contribution in [0.25, 0.3) is 5.65 Å². The van der Waals surface area contributed by atoms with Crippen molar-refractivity contribution in [3.05, 3.63) is 41.7 Å². The number of nitrogens with zero attached hydrogens (tertiary/aromatic N) is 6. The summed E-state index contributed by atoms with van der Waals surface area (Å²) in [5, 5.41) is 11.6. The zero-order valence-corrected chi connectivity index (χ0v) is 10.8. The summed E-state index contributed by atoms with van der Waals surface area (Å²) in [4.78, 5) is 6.42. The first-order chi connectivity index (χ1) is 9.83. The van der Waals surface area contributed by atoms with Crippen LogP contribution in [-0.4, -0.2) is 31.6 Å². The molecule has 100 valence electrons. The van der Waals surface area contributed by atoms with E-state index in [1.54, 1.807) is 16.9 Å². The van der Waals surface area contributed by atoms with Crippen LogP contribution < -0.4 is 10.6 Å². The average Bonchev–Trinajstić information content (AvgIpc) is 2.95. The Morgan fingerprint density at radius 2 is 2.15 bits per heavy atom. The fourth-order valence-corrected chi connectivity index (χ4v) is 2.71.